The third-order valence-corrected chi connectivity index (χ3v) is 4.93. The molecule has 3 N–H and O–H groups in total. The molecule has 31 heavy (non-hydrogen) atoms. The average Bonchev–Trinajstić information content (AvgIpc) is 3.17. The predicted octanol–water partition coefficient (Wildman–Crippen LogP) is 3.46. The van der Waals surface area contributed by atoms with E-state index < -0.39 is 11.0 Å². The van der Waals surface area contributed by atoms with Crippen molar-refractivity contribution in [3.05, 3.63) is 64.3 Å². The number of nitrogens with zero attached hydrogens (tertiary/aromatic N) is 3. The molecule has 2 amide bonds. The Morgan fingerprint density at radius 3 is 2.61 bits per heavy atom. The van der Waals surface area contributed by atoms with Crippen molar-refractivity contribution >= 4 is 40.1 Å². The summed E-state index contributed by atoms with van der Waals surface area (Å²) in [5.41, 5.74) is 2.66. The van der Waals surface area contributed by atoms with Crippen LogP contribution in [0.5, 0.6) is 0 Å². The lowest BCUT2D eigenvalue weighted by Gasteiger charge is -2.25. The summed E-state index contributed by atoms with van der Waals surface area (Å²) in [5, 5.41) is 24.4. The van der Waals surface area contributed by atoms with Crippen molar-refractivity contribution in [2.75, 3.05) is 43.5 Å². The number of fused-ring (bicyclic) bond motifs is 1. The Balaban J connectivity index is 1.36. The summed E-state index contributed by atoms with van der Waals surface area (Å²) in [7, 11) is 0. The average molecular weight is 422 g/mol. The van der Waals surface area contributed by atoms with Gasteiger partial charge in [-0.25, -0.2) is 4.79 Å². The summed E-state index contributed by atoms with van der Waals surface area (Å²) in [6.45, 7) is 4.25. The molecule has 2 aromatic carbocycles. The van der Waals surface area contributed by atoms with E-state index in [0.717, 1.165) is 49.4 Å². The van der Waals surface area contributed by atoms with E-state index in [9.17, 15) is 14.9 Å². The lowest BCUT2D eigenvalue weighted by Crippen LogP contribution is -2.36. The van der Waals surface area contributed by atoms with Gasteiger partial charge >= 0.3 is 6.03 Å². The molecule has 4 rings (SSSR count). The van der Waals surface area contributed by atoms with Gasteiger partial charge in [-0.2, -0.15) is 5.10 Å². The molecular weight excluding hydrogens is 400 g/mol. The Kier molecular flexibility index (Phi) is 6.20. The van der Waals surface area contributed by atoms with Gasteiger partial charge in [0.05, 0.1) is 29.3 Å². The number of hydrogen-bond donors (Lipinski definition) is 3. The molecule has 10 heteroatoms. The number of urea groups is 1. The molecule has 1 aliphatic heterocycles. The van der Waals surface area contributed by atoms with E-state index >= 15 is 0 Å². The fourth-order valence-corrected chi connectivity index (χ4v) is 3.30. The summed E-state index contributed by atoms with van der Waals surface area (Å²) >= 11 is 0. The van der Waals surface area contributed by atoms with E-state index in [1.807, 2.05) is 12.1 Å². The first-order chi connectivity index (χ1) is 15.1. The van der Waals surface area contributed by atoms with Gasteiger partial charge in [0, 0.05) is 48.5 Å². The second-order valence-electron chi connectivity index (χ2n) is 7.07. The Morgan fingerprint density at radius 1 is 1.16 bits per heavy atom. The van der Waals surface area contributed by atoms with Crippen molar-refractivity contribution in [1.29, 1.82) is 0 Å². The number of hydrogen-bond acceptors (Lipinski definition) is 6. The Labute approximate surface area is 178 Å². The predicted molar refractivity (Wildman–Crippen MR) is 118 cm³/mol. The van der Waals surface area contributed by atoms with Crippen LogP contribution in [0.1, 0.15) is 5.69 Å². The second-order valence-corrected chi connectivity index (χ2v) is 7.07. The van der Waals surface area contributed by atoms with Gasteiger partial charge in [-0.15, -0.1) is 0 Å². The Morgan fingerprint density at radius 2 is 1.87 bits per heavy atom. The molecule has 1 fully saturated rings. The van der Waals surface area contributed by atoms with Crippen LogP contribution in [-0.2, 0) is 4.74 Å². The molecule has 0 unspecified atom stereocenters. The molecule has 0 bridgehead atoms. The highest BCUT2D eigenvalue weighted by Crippen LogP contribution is 2.22. The highest BCUT2D eigenvalue weighted by molar-refractivity contribution is 6.01. The number of non-ortho nitro benzene ring substituents is 1. The molecule has 10 nitrogen and oxygen atoms in total. The van der Waals surface area contributed by atoms with Gasteiger partial charge in [0.1, 0.15) is 0 Å². The minimum absolute atomic E-state index is 0.0366. The van der Waals surface area contributed by atoms with Crippen LogP contribution < -0.4 is 10.6 Å². The van der Waals surface area contributed by atoms with Crippen LogP contribution in [0.15, 0.2) is 48.5 Å². The van der Waals surface area contributed by atoms with Crippen LogP contribution in [0.25, 0.3) is 17.0 Å². The number of ether oxygens (including phenoxy) is 1. The van der Waals surface area contributed by atoms with Crippen LogP contribution in [-0.4, -0.2) is 58.9 Å². The number of nitrogens with one attached hydrogen (secondary N) is 3. The minimum Gasteiger partial charge on any atom is -0.379 e. The molecular formula is C21H22N6O4. The third kappa shape index (κ3) is 5.24. The molecule has 2 heterocycles. The maximum absolute atomic E-state index is 12.2. The van der Waals surface area contributed by atoms with Crippen molar-refractivity contribution < 1.29 is 14.5 Å². The number of carbonyl (C=O) groups excluding carboxylic acids is 1. The molecule has 0 aliphatic carbocycles. The van der Waals surface area contributed by atoms with Crippen LogP contribution >= 0.6 is 0 Å². The van der Waals surface area contributed by atoms with Gasteiger partial charge in [0.2, 0.25) is 0 Å². The first-order valence-electron chi connectivity index (χ1n) is 9.86. The van der Waals surface area contributed by atoms with Crippen molar-refractivity contribution in [1.82, 2.24) is 15.1 Å². The smallest absolute Gasteiger partial charge is 0.323 e. The highest BCUT2D eigenvalue weighted by atomic mass is 16.6. The zero-order valence-corrected chi connectivity index (χ0v) is 16.7. The number of anilines is 2. The molecule has 3 aromatic rings. The van der Waals surface area contributed by atoms with Crippen LogP contribution in [0.2, 0.25) is 0 Å². The van der Waals surface area contributed by atoms with Gasteiger partial charge in [-0.3, -0.25) is 20.1 Å². The third-order valence-electron chi connectivity index (χ3n) is 4.93. The summed E-state index contributed by atoms with van der Waals surface area (Å²) in [6, 6.07) is 10.7. The zero-order chi connectivity index (χ0) is 21.6. The van der Waals surface area contributed by atoms with E-state index in [1.54, 1.807) is 12.1 Å². The zero-order valence-electron chi connectivity index (χ0n) is 16.7. The molecule has 160 valence electrons. The summed E-state index contributed by atoms with van der Waals surface area (Å²) < 4.78 is 5.35. The second kappa shape index (κ2) is 9.37. The standard InChI is InChI=1S/C21H22N6O4/c28-21(22-15-3-6-17(7-4-15)27(29)30)23-16-5-8-18-19(24-25-20(18)14-16)2-1-9-26-10-12-31-13-11-26/h1-8,14H,9-13H2,(H,24,25)(H2,22,23,28)/b2-1+. The maximum atomic E-state index is 12.2. The fourth-order valence-electron chi connectivity index (χ4n) is 3.30. The van der Waals surface area contributed by atoms with Gasteiger partial charge in [-0.05, 0) is 36.4 Å². The largest absolute Gasteiger partial charge is 0.379 e. The first kappa shape index (κ1) is 20.5. The van der Waals surface area contributed by atoms with Crippen molar-refractivity contribution in [2.24, 2.45) is 0 Å². The van der Waals surface area contributed by atoms with Gasteiger partial charge in [0.25, 0.3) is 5.69 Å². The van der Waals surface area contributed by atoms with Gasteiger partial charge in [0.15, 0.2) is 0 Å². The summed E-state index contributed by atoms with van der Waals surface area (Å²) in [5.74, 6) is 0. The number of amides is 2. The van der Waals surface area contributed by atoms with Crippen molar-refractivity contribution in [3.63, 3.8) is 0 Å². The number of nitro groups is 1. The number of carbonyl (C=O) groups is 1. The molecule has 0 spiro atoms. The minimum atomic E-state index is -0.491. The van der Waals surface area contributed by atoms with Crippen LogP contribution in [0.4, 0.5) is 21.9 Å². The molecule has 1 saturated heterocycles. The fraction of sp³-hybridized carbons (Fsp3) is 0.238. The maximum Gasteiger partial charge on any atom is 0.323 e. The number of rotatable bonds is 6. The van der Waals surface area contributed by atoms with E-state index in [-0.39, 0.29) is 5.69 Å². The SMILES string of the molecule is O=C(Nc1ccc([N+](=O)[O-])cc1)Nc1ccc2c(/C=C/CN3CCOCC3)n[nH]c2c1. The quantitative estimate of drug-likeness (QED) is 0.413. The van der Waals surface area contributed by atoms with Crippen LogP contribution in [0, 0.1) is 10.1 Å². The number of aromatic amines is 1. The van der Waals surface area contributed by atoms with E-state index in [0.29, 0.717) is 11.4 Å². The van der Waals surface area contributed by atoms with E-state index in [4.69, 9.17) is 4.74 Å². The van der Waals surface area contributed by atoms with Crippen molar-refractivity contribution in [2.45, 2.75) is 0 Å². The number of morpholine rings is 1. The van der Waals surface area contributed by atoms with Gasteiger partial charge < -0.3 is 15.4 Å². The number of aromatic nitrogens is 2. The highest BCUT2D eigenvalue weighted by Gasteiger charge is 2.10. The lowest BCUT2D eigenvalue weighted by molar-refractivity contribution is -0.384. The first-order valence-corrected chi connectivity index (χ1v) is 9.86. The van der Waals surface area contributed by atoms with Crippen LogP contribution in [0.3, 0.4) is 0 Å². The monoisotopic (exact) mass is 422 g/mol. The lowest BCUT2D eigenvalue weighted by atomic mass is 10.2. The topological polar surface area (TPSA) is 125 Å². The Bertz CT molecular complexity index is 1100. The van der Waals surface area contributed by atoms with Crippen molar-refractivity contribution in [3.8, 4) is 0 Å². The van der Waals surface area contributed by atoms with Gasteiger partial charge in [-0.1, -0.05) is 6.08 Å². The number of H-pyrrole nitrogens is 1. The summed E-state index contributed by atoms with van der Waals surface area (Å²) in [6.07, 6.45) is 4.08. The van der Waals surface area contributed by atoms with E-state index in [1.165, 1.54) is 24.3 Å². The normalized spacial score (nSPS) is 14.7. The molecule has 0 radical (unpaired) electrons. The molecule has 1 aromatic heterocycles. The Hall–Kier alpha value is -3.76. The summed E-state index contributed by atoms with van der Waals surface area (Å²) in [4.78, 5) is 24.8. The number of nitro benzene ring substituents is 1. The molecule has 1 aliphatic rings. The van der Waals surface area contributed by atoms with E-state index in [2.05, 4.69) is 31.8 Å². The number of benzene rings is 2. The molecule has 0 atom stereocenters. The molecule has 0 saturated carbocycles.